The molecule has 0 aliphatic carbocycles. The Kier molecular flexibility index (Phi) is 4.13. The molecule has 0 spiro atoms. The Morgan fingerprint density at radius 1 is 1.44 bits per heavy atom. The first kappa shape index (κ1) is 14.2. The van der Waals surface area contributed by atoms with Crippen molar-refractivity contribution in [1.29, 1.82) is 0 Å². The minimum absolute atomic E-state index is 0.121. The largest absolute Gasteiger partial charge is 0.475 e. The highest BCUT2D eigenvalue weighted by Crippen LogP contribution is 2.17. The molecule has 6 nitrogen and oxygen atoms in total. The van der Waals surface area contributed by atoms with Crippen molar-refractivity contribution in [2.75, 3.05) is 0 Å². The number of rotatable bonds is 4. The summed E-state index contributed by atoms with van der Waals surface area (Å²) < 4.78 is 5.01. The maximum absolute atomic E-state index is 11.7. The van der Waals surface area contributed by atoms with Gasteiger partial charge in [-0.3, -0.25) is 4.79 Å². The van der Waals surface area contributed by atoms with Crippen LogP contribution in [0.2, 0.25) is 0 Å². The number of nitrogens with two attached hydrogens (primary N) is 1. The molecular formula is C12H18N2O4. The Hall–Kier alpha value is -1.82. The number of furan rings is 1. The predicted molar refractivity (Wildman–Crippen MR) is 64.9 cm³/mol. The Morgan fingerprint density at radius 2 is 2.06 bits per heavy atom. The van der Waals surface area contributed by atoms with Crippen LogP contribution in [0.25, 0.3) is 0 Å². The highest BCUT2D eigenvalue weighted by molar-refractivity contribution is 5.84. The lowest BCUT2D eigenvalue weighted by molar-refractivity contribution is -0.124. The molecule has 0 saturated heterocycles. The zero-order valence-electron chi connectivity index (χ0n) is 10.7. The first-order valence-corrected chi connectivity index (χ1v) is 5.57. The molecule has 1 aromatic rings. The van der Waals surface area contributed by atoms with Crippen LogP contribution in [0.4, 0.5) is 0 Å². The highest BCUT2D eigenvalue weighted by atomic mass is 16.4. The van der Waals surface area contributed by atoms with E-state index in [4.69, 9.17) is 15.3 Å². The monoisotopic (exact) mass is 254 g/mol. The van der Waals surface area contributed by atoms with Crippen LogP contribution in [0.3, 0.4) is 0 Å². The fraction of sp³-hybridized carbons (Fsp3) is 0.500. The van der Waals surface area contributed by atoms with Gasteiger partial charge < -0.3 is 20.6 Å². The molecule has 0 aliphatic heterocycles. The van der Waals surface area contributed by atoms with Crippen LogP contribution < -0.4 is 11.1 Å². The van der Waals surface area contributed by atoms with Crippen molar-refractivity contribution in [1.82, 2.24) is 5.32 Å². The molecule has 1 atom stereocenters. The van der Waals surface area contributed by atoms with Crippen molar-refractivity contribution < 1.29 is 19.1 Å². The average molecular weight is 254 g/mol. The molecule has 0 fully saturated rings. The van der Waals surface area contributed by atoms with Crippen LogP contribution >= 0.6 is 0 Å². The summed E-state index contributed by atoms with van der Waals surface area (Å²) in [7, 11) is 0. The first-order chi connectivity index (χ1) is 8.21. The van der Waals surface area contributed by atoms with E-state index in [0.29, 0.717) is 5.76 Å². The molecule has 0 unspecified atom stereocenters. The second-order valence-electron chi connectivity index (χ2n) is 5.13. The lowest BCUT2D eigenvalue weighted by atomic mass is 9.87. The van der Waals surface area contributed by atoms with Gasteiger partial charge in [0.1, 0.15) is 5.76 Å². The summed E-state index contributed by atoms with van der Waals surface area (Å²) in [5.74, 6) is -1.21. The van der Waals surface area contributed by atoms with Gasteiger partial charge >= 0.3 is 5.97 Å². The summed E-state index contributed by atoms with van der Waals surface area (Å²) in [6, 6.07) is 2.21. The van der Waals surface area contributed by atoms with Gasteiger partial charge in [0.25, 0.3) is 0 Å². The van der Waals surface area contributed by atoms with Crippen LogP contribution in [-0.2, 0) is 11.3 Å². The summed E-state index contributed by atoms with van der Waals surface area (Å²) in [5, 5.41) is 11.3. The van der Waals surface area contributed by atoms with Gasteiger partial charge in [-0.25, -0.2) is 4.79 Å². The molecule has 1 amide bonds. The number of carbonyl (C=O) groups excluding carboxylic acids is 1. The molecule has 18 heavy (non-hydrogen) atoms. The van der Waals surface area contributed by atoms with Gasteiger partial charge in [-0.05, 0) is 17.5 Å². The van der Waals surface area contributed by atoms with Gasteiger partial charge in [-0.15, -0.1) is 0 Å². The Morgan fingerprint density at radius 3 is 2.50 bits per heavy atom. The van der Waals surface area contributed by atoms with Crippen LogP contribution in [0.1, 0.15) is 37.1 Å². The lowest BCUT2D eigenvalue weighted by Crippen LogP contribution is -2.48. The molecule has 0 bridgehead atoms. The summed E-state index contributed by atoms with van der Waals surface area (Å²) in [4.78, 5) is 22.3. The molecule has 1 rings (SSSR count). The Balaban J connectivity index is 2.55. The third-order valence-electron chi connectivity index (χ3n) is 2.52. The van der Waals surface area contributed by atoms with Crippen molar-refractivity contribution in [3.63, 3.8) is 0 Å². The van der Waals surface area contributed by atoms with E-state index in [1.54, 1.807) is 0 Å². The van der Waals surface area contributed by atoms with E-state index in [2.05, 4.69) is 5.32 Å². The Bertz CT molecular complexity index is 445. The van der Waals surface area contributed by atoms with E-state index >= 15 is 0 Å². The number of hydrogen-bond donors (Lipinski definition) is 3. The van der Waals surface area contributed by atoms with E-state index in [1.165, 1.54) is 12.1 Å². The van der Waals surface area contributed by atoms with Gasteiger partial charge in [0.05, 0.1) is 12.6 Å². The quantitative estimate of drug-likeness (QED) is 0.742. The fourth-order valence-electron chi connectivity index (χ4n) is 1.27. The number of amides is 1. The van der Waals surface area contributed by atoms with E-state index in [0.717, 1.165) is 0 Å². The third kappa shape index (κ3) is 3.59. The number of nitrogens with one attached hydrogen (secondary N) is 1. The molecule has 4 N–H and O–H groups in total. The third-order valence-corrected chi connectivity index (χ3v) is 2.52. The van der Waals surface area contributed by atoms with Crippen LogP contribution in [0.5, 0.6) is 0 Å². The summed E-state index contributed by atoms with van der Waals surface area (Å²) in [6.45, 7) is 5.72. The maximum atomic E-state index is 11.7. The van der Waals surface area contributed by atoms with Gasteiger partial charge in [-0.1, -0.05) is 20.8 Å². The molecule has 0 saturated carbocycles. The minimum Gasteiger partial charge on any atom is -0.475 e. The van der Waals surface area contributed by atoms with Crippen LogP contribution in [0, 0.1) is 5.41 Å². The molecule has 1 heterocycles. The van der Waals surface area contributed by atoms with Gasteiger partial charge in [0.15, 0.2) is 0 Å². The van der Waals surface area contributed by atoms with E-state index in [1.807, 2.05) is 20.8 Å². The smallest absolute Gasteiger partial charge is 0.371 e. The second-order valence-corrected chi connectivity index (χ2v) is 5.13. The average Bonchev–Trinajstić information content (AvgIpc) is 2.72. The topological polar surface area (TPSA) is 106 Å². The van der Waals surface area contributed by atoms with Crippen molar-refractivity contribution in [2.24, 2.45) is 11.1 Å². The fourth-order valence-corrected chi connectivity index (χ4v) is 1.27. The predicted octanol–water partition coefficient (Wildman–Crippen LogP) is 0.967. The summed E-state index contributed by atoms with van der Waals surface area (Å²) >= 11 is 0. The highest BCUT2D eigenvalue weighted by Gasteiger charge is 2.27. The van der Waals surface area contributed by atoms with Crippen molar-refractivity contribution >= 4 is 11.9 Å². The van der Waals surface area contributed by atoms with Gasteiger partial charge in [0, 0.05) is 0 Å². The molecule has 0 aliphatic rings. The van der Waals surface area contributed by atoms with Crippen LogP contribution in [0.15, 0.2) is 16.5 Å². The second kappa shape index (κ2) is 5.22. The molecule has 1 aromatic heterocycles. The number of carbonyl (C=O) groups is 2. The normalized spacial score (nSPS) is 13.1. The summed E-state index contributed by atoms with van der Waals surface area (Å²) in [6.07, 6.45) is 0. The maximum Gasteiger partial charge on any atom is 0.371 e. The lowest BCUT2D eigenvalue weighted by Gasteiger charge is -2.25. The number of hydrogen-bond acceptors (Lipinski definition) is 4. The van der Waals surface area contributed by atoms with Crippen LogP contribution in [-0.4, -0.2) is 23.0 Å². The standard InChI is InChI=1S/C12H18N2O4/c1-12(2,3)9(13)10(15)14-6-7-4-5-8(18-7)11(16)17/h4-5,9H,6,13H2,1-3H3,(H,14,15)(H,16,17)/t9-/m1/s1. The minimum atomic E-state index is -1.14. The van der Waals surface area contributed by atoms with E-state index in [9.17, 15) is 9.59 Å². The zero-order chi connectivity index (χ0) is 13.9. The van der Waals surface area contributed by atoms with E-state index < -0.39 is 12.0 Å². The molecule has 0 aromatic carbocycles. The molecular weight excluding hydrogens is 236 g/mol. The van der Waals surface area contributed by atoms with Crippen molar-refractivity contribution in [3.05, 3.63) is 23.7 Å². The summed E-state index contributed by atoms with van der Waals surface area (Å²) in [5.41, 5.74) is 5.44. The number of aromatic carboxylic acids is 1. The van der Waals surface area contributed by atoms with E-state index in [-0.39, 0.29) is 23.6 Å². The SMILES string of the molecule is CC(C)(C)[C@H](N)C(=O)NCc1ccc(C(=O)O)o1. The van der Waals surface area contributed by atoms with Gasteiger partial charge in [0.2, 0.25) is 11.7 Å². The zero-order valence-corrected chi connectivity index (χ0v) is 10.7. The molecule has 100 valence electrons. The van der Waals surface area contributed by atoms with Crippen molar-refractivity contribution in [2.45, 2.75) is 33.4 Å². The molecule has 0 radical (unpaired) electrons. The first-order valence-electron chi connectivity index (χ1n) is 5.57. The molecule has 6 heteroatoms. The Labute approximate surface area is 105 Å². The van der Waals surface area contributed by atoms with Gasteiger partial charge in [-0.2, -0.15) is 0 Å². The van der Waals surface area contributed by atoms with Crippen molar-refractivity contribution in [3.8, 4) is 0 Å². The number of carboxylic acid groups (broad SMARTS) is 1. The number of carboxylic acids is 1.